The molecule has 0 spiro atoms. The zero-order chi connectivity index (χ0) is 13.8. The molecular formula is C11H9F4NO2. The number of halogens is 4. The third-order valence-corrected chi connectivity index (χ3v) is 1.98. The highest BCUT2D eigenvalue weighted by Crippen LogP contribution is 2.24. The van der Waals surface area contributed by atoms with Crippen molar-refractivity contribution in [3.63, 3.8) is 0 Å². The lowest BCUT2D eigenvalue weighted by Crippen LogP contribution is -2.16. The zero-order valence-electron chi connectivity index (χ0n) is 9.34. The molecule has 0 aromatic heterocycles. The summed E-state index contributed by atoms with van der Waals surface area (Å²) in [6.45, 7) is -1.84. The van der Waals surface area contributed by atoms with E-state index < -0.39 is 25.2 Å². The number of nitriles is 1. The number of alkyl halides is 3. The molecule has 0 saturated heterocycles. The van der Waals surface area contributed by atoms with Crippen LogP contribution in [-0.4, -0.2) is 19.9 Å². The van der Waals surface area contributed by atoms with Crippen LogP contribution in [-0.2, 0) is 11.3 Å². The van der Waals surface area contributed by atoms with Crippen LogP contribution < -0.4 is 4.74 Å². The minimum Gasteiger partial charge on any atom is -0.495 e. The van der Waals surface area contributed by atoms with Crippen LogP contribution in [0.5, 0.6) is 5.75 Å². The molecule has 0 heterocycles. The van der Waals surface area contributed by atoms with Crippen molar-refractivity contribution in [1.29, 1.82) is 5.26 Å². The first kappa shape index (κ1) is 14.3. The van der Waals surface area contributed by atoms with Gasteiger partial charge >= 0.3 is 6.18 Å². The summed E-state index contributed by atoms with van der Waals surface area (Å²) >= 11 is 0. The Morgan fingerprint density at radius 1 is 1.33 bits per heavy atom. The summed E-state index contributed by atoms with van der Waals surface area (Å²) in [5.41, 5.74) is -0.135. The monoisotopic (exact) mass is 263 g/mol. The predicted octanol–water partition coefficient (Wildman–Crippen LogP) is 2.78. The summed E-state index contributed by atoms with van der Waals surface area (Å²) < 4.78 is 58.0. The molecule has 0 bridgehead atoms. The van der Waals surface area contributed by atoms with Crippen LogP contribution in [0.2, 0.25) is 0 Å². The lowest BCUT2D eigenvalue weighted by molar-refractivity contribution is -0.176. The maximum atomic E-state index is 13.4. The van der Waals surface area contributed by atoms with Gasteiger partial charge in [-0.05, 0) is 17.7 Å². The Balaban J connectivity index is 2.80. The fraction of sp³-hybridized carbons (Fsp3) is 0.364. The van der Waals surface area contributed by atoms with Gasteiger partial charge in [0.25, 0.3) is 0 Å². The van der Waals surface area contributed by atoms with Crippen molar-refractivity contribution in [1.82, 2.24) is 0 Å². The summed E-state index contributed by atoms with van der Waals surface area (Å²) in [6.07, 6.45) is -4.44. The van der Waals surface area contributed by atoms with Crippen LogP contribution in [0.1, 0.15) is 11.1 Å². The van der Waals surface area contributed by atoms with Crippen LogP contribution in [0.4, 0.5) is 17.6 Å². The Kier molecular flexibility index (Phi) is 4.50. The van der Waals surface area contributed by atoms with Gasteiger partial charge in [0.05, 0.1) is 13.7 Å². The number of benzene rings is 1. The van der Waals surface area contributed by atoms with Gasteiger partial charge in [-0.3, -0.25) is 0 Å². The van der Waals surface area contributed by atoms with Gasteiger partial charge in [0.2, 0.25) is 0 Å². The van der Waals surface area contributed by atoms with E-state index >= 15 is 0 Å². The smallest absolute Gasteiger partial charge is 0.411 e. The van der Waals surface area contributed by atoms with E-state index in [2.05, 4.69) is 4.74 Å². The van der Waals surface area contributed by atoms with Crippen molar-refractivity contribution < 1.29 is 27.0 Å². The predicted molar refractivity (Wildman–Crippen MR) is 53.4 cm³/mol. The van der Waals surface area contributed by atoms with Crippen molar-refractivity contribution in [2.45, 2.75) is 12.8 Å². The quantitative estimate of drug-likeness (QED) is 0.784. The summed E-state index contributed by atoms with van der Waals surface area (Å²) in [6, 6.07) is 3.81. The maximum Gasteiger partial charge on any atom is 0.411 e. The number of nitrogens with zero attached hydrogens (tertiary/aromatic N) is 1. The number of rotatable bonds is 4. The fourth-order valence-electron chi connectivity index (χ4n) is 1.27. The third-order valence-electron chi connectivity index (χ3n) is 1.98. The molecule has 18 heavy (non-hydrogen) atoms. The highest BCUT2D eigenvalue weighted by molar-refractivity contribution is 5.46. The molecule has 3 nitrogen and oxygen atoms in total. The lowest BCUT2D eigenvalue weighted by Gasteiger charge is -2.10. The first-order valence-electron chi connectivity index (χ1n) is 4.78. The van der Waals surface area contributed by atoms with Crippen molar-refractivity contribution in [3.05, 3.63) is 29.1 Å². The standard InChI is InChI=1S/C11H9F4NO2/c1-17-10-3-7(2-9(12)8(10)4-16)5-18-6-11(13,14)15/h2-3H,5-6H2,1H3. The fourth-order valence-corrected chi connectivity index (χ4v) is 1.27. The van der Waals surface area contributed by atoms with Gasteiger partial charge in [-0.2, -0.15) is 18.4 Å². The molecule has 0 aliphatic heterocycles. The molecule has 0 unspecified atom stereocenters. The Hall–Kier alpha value is -1.81. The molecule has 0 atom stereocenters. The second kappa shape index (κ2) is 5.69. The van der Waals surface area contributed by atoms with Gasteiger partial charge in [-0.25, -0.2) is 4.39 Å². The van der Waals surface area contributed by atoms with E-state index in [4.69, 9.17) is 10.00 Å². The van der Waals surface area contributed by atoms with E-state index in [0.717, 1.165) is 6.07 Å². The lowest BCUT2D eigenvalue weighted by atomic mass is 10.1. The molecule has 0 aliphatic rings. The van der Waals surface area contributed by atoms with Gasteiger partial charge in [-0.15, -0.1) is 0 Å². The van der Waals surface area contributed by atoms with Crippen molar-refractivity contribution >= 4 is 0 Å². The molecule has 0 amide bonds. The van der Waals surface area contributed by atoms with Gasteiger partial charge in [0.15, 0.2) is 0 Å². The second-order valence-corrected chi connectivity index (χ2v) is 3.37. The van der Waals surface area contributed by atoms with Crippen molar-refractivity contribution in [3.8, 4) is 11.8 Å². The van der Waals surface area contributed by atoms with E-state index in [9.17, 15) is 17.6 Å². The van der Waals surface area contributed by atoms with Crippen molar-refractivity contribution in [2.24, 2.45) is 0 Å². The van der Waals surface area contributed by atoms with Crippen molar-refractivity contribution in [2.75, 3.05) is 13.7 Å². The van der Waals surface area contributed by atoms with Crippen LogP contribution in [0.3, 0.4) is 0 Å². The van der Waals surface area contributed by atoms with Crippen LogP contribution in [0.15, 0.2) is 12.1 Å². The van der Waals surface area contributed by atoms with E-state index in [1.807, 2.05) is 0 Å². The Morgan fingerprint density at radius 2 is 2.00 bits per heavy atom. The first-order valence-corrected chi connectivity index (χ1v) is 4.78. The zero-order valence-corrected chi connectivity index (χ0v) is 9.34. The van der Waals surface area contributed by atoms with Gasteiger partial charge in [-0.1, -0.05) is 0 Å². The normalized spacial score (nSPS) is 11.1. The minimum absolute atomic E-state index is 0.0388. The molecule has 0 saturated carbocycles. The van der Waals surface area contributed by atoms with E-state index in [1.165, 1.54) is 13.2 Å². The van der Waals surface area contributed by atoms with E-state index in [0.29, 0.717) is 0 Å². The molecule has 0 N–H and O–H groups in total. The molecule has 98 valence electrons. The first-order chi connectivity index (χ1) is 8.37. The summed E-state index contributed by atoms with van der Waals surface area (Å²) in [4.78, 5) is 0. The Morgan fingerprint density at radius 3 is 2.50 bits per heavy atom. The molecule has 0 fully saturated rings. The molecule has 0 radical (unpaired) electrons. The van der Waals surface area contributed by atoms with Crippen LogP contribution >= 0.6 is 0 Å². The molecule has 1 aromatic carbocycles. The van der Waals surface area contributed by atoms with E-state index in [1.54, 1.807) is 6.07 Å². The van der Waals surface area contributed by atoms with Gasteiger partial charge in [0, 0.05) is 0 Å². The largest absolute Gasteiger partial charge is 0.495 e. The average Bonchev–Trinajstić information content (AvgIpc) is 2.26. The van der Waals surface area contributed by atoms with Crippen LogP contribution in [0.25, 0.3) is 0 Å². The molecule has 7 heteroatoms. The molecule has 1 aromatic rings. The summed E-state index contributed by atoms with van der Waals surface area (Å²) in [7, 11) is 1.23. The number of methoxy groups -OCH3 is 1. The third kappa shape index (κ3) is 3.89. The summed E-state index contributed by atoms with van der Waals surface area (Å²) in [5.74, 6) is -0.898. The summed E-state index contributed by atoms with van der Waals surface area (Å²) in [5, 5.41) is 8.65. The number of hydrogen-bond donors (Lipinski definition) is 0. The highest BCUT2D eigenvalue weighted by atomic mass is 19.4. The number of hydrogen-bond acceptors (Lipinski definition) is 3. The van der Waals surface area contributed by atoms with Crippen LogP contribution in [0, 0.1) is 17.1 Å². The second-order valence-electron chi connectivity index (χ2n) is 3.37. The Bertz CT molecular complexity index is 465. The van der Waals surface area contributed by atoms with E-state index in [-0.39, 0.29) is 16.9 Å². The average molecular weight is 263 g/mol. The minimum atomic E-state index is -4.44. The maximum absolute atomic E-state index is 13.4. The van der Waals surface area contributed by atoms with Gasteiger partial charge in [0.1, 0.15) is 29.8 Å². The number of ether oxygens (including phenoxy) is 2. The highest BCUT2D eigenvalue weighted by Gasteiger charge is 2.27. The Labute approximate surface area is 101 Å². The molecular weight excluding hydrogens is 254 g/mol. The molecule has 0 aliphatic carbocycles. The topological polar surface area (TPSA) is 42.2 Å². The SMILES string of the molecule is COc1cc(COCC(F)(F)F)cc(F)c1C#N. The molecule has 1 rings (SSSR count). The van der Waals surface area contributed by atoms with Gasteiger partial charge < -0.3 is 9.47 Å².